The Hall–Kier alpha value is -0.520. The third-order valence-corrected chi connectivity index (χ3v) is 2.39. The molecule has 1 unspecified atom stereocenters. The Kier molecular flexibility index (Phi) is 4.19. The van der Waals surface area contributed by atoms with Gasteiger partial charge in [-0.15, -0.1) is 0 Å². The molecule has 0 bridgehead atoms. The molecule has 0 saturated carbocycles. The number of aliphatic hydroxyl groups excluding tert-OH is 1. The summed E-state index contributed by atoms with van der Waals surface area (Å²) in [6.45, 7) is 0.191. The lowest BCUT2D eigenvalue weighted by Gasteiger charge is -2.19. The number of ether oxygens (including phenoxy) is 1. The summed E-state index contributed by atoms with van der Waals surface area (Å²) >= 11 is 2.14. The topological polar surface area (TPSA) is 29.5 Å². The minimum Gasteiger partial charge on any atom is -0.381 e. The van der Waals surface area contributed by atoms with Gasteiger partial charge in [0, 0.05) is 7.11 Å². The summed E-state index contributed by atoms with van der Waals surface area (Å²) in [7, 11) is 1.47. The minimum atomic E-state index is -3.34. The highest BCUT2D eigenvalue weighted by atomic mass is 79.9. The van der Waals surface area contributed by atoms with Crippen LogP contribution < -0.4 is 0 Å². The van der Waals surface area contributed by atoms with E-state index in [4.69, 9.17) is 4.74 Å². The third kappa shape index (κ3) is 3.22. The van der Waals surface area contributed by atoms with E-state index in [0.29, 0.717) is 5.56 Å². The smallest absolute Gasteiger partial charge is 0.330 e. The van der Waals surface area contributed by atoms with E-state index in [2.05, 4.69) is 15.9 Å². The van der Waals surface area contributed by atoms with E-state index >= 15 is 0 Å². The number of hydrogen-bond acceptors (Lipinski definition) is 2. The molecule has 0 aliphatic carbocycles. The maximum Gasteiger partial charge on any atom is 0.330 e. The maximum atomic E-state index is 12.8. The molecular weight excluding hydrogens is 270 g/mol. The molecule has 0 fully saturated rings. The quantitative estimate of drug-likeness (QED) is 0.860. The van der Waals surface area contributed by atoms with Crippen molar-refractivity contribution in [2.75, 3.05) is 7.11 Å². The van der Waals surface area contributed by atoms with Gasteiger partial charge in [-0.3, -0.25) is 0 Å². The first-order valence-corrected chi connectivity index (χ1v) is 5.07. The van der Waals surface area contributed by atoms with Crippen molar-refractivity contribution < 1.29 is 18.6 Å². The highest BCUT2D eigenvalue weighted by molar-refractivity contribution is 9.10. The van der Waals surface area contributed by atoms with Crippen LogP contribution in [0.15, 0.2) is 24.3 Å². The van der Waals surface area contributed by atoms with Gasteiger partial charge in [0.25, 0.3) is 0 Å². The molecule has 0 saturated heterocycles. The molecule has 0 aliphatic rings. The highest BCUT2D eigenvalue weighted by Gasteiger charge is 2.37. The van der Waals surface area contributed by atoms with Crippen molar-refractivity contribution in [1.29, 1.82) is 0 Å². The van der Waals surface area contributed by atoms with Crippen LogP contribution in [-0.2, 0) is 11.3 Å². The van der Waals surface area contributed by atoms with E-state index in [9.17, 15) is 13.9 Å². The van der Waals surface area contributed by atoms with Gasteiger partial charge < -0.3 is 9.84 Å². The number of hydrogen-bond donors (Lipinski definition) is 1. The van der Waals surface area contributed by atoms with E-state index in [1.165, 1.54) is 13.2 Å². The van der Waals surface area contributed by atoms with Crippen LogP contribution in [-0.4, -0.2) is 17.0 Å². The minimum absolute atomic E-state index is 0.168. The van der Waals surface area contributed by atoms with Crippen molar-refractivity contribution in [3.05, 3.63) is 35.4 Å². The van der Waals surface area contributed by atoms with Gasteiger partial charge in [0.1, 0.15) is 0 Å². The zero-order valence-corrected chi connectivity index (χ0v) is 9.67. The van der Waals surface area contributed by atoms with Gasteiger partial charge in [-0.2, -0.15) is 8.78 Å². The van der Waals surface area contributed by atoms with Gasteiger partial charge >= 0.3 is 4.83 Å². The summed E-state index contributed by atoms with van der Waals surface area (Å²) in [6.07, 6.45) is -1.87. The first-order valence-electron chi connectivity index (χ1n) is 4.28. The van der Waals surface area contributed by atoms with Crippen molar-refractivity contribution in [3.63, 3.8) is 0 Å². The molecule has 1 aromatic carbocycles. The molecule has 1 atom stereocenters. The number of methoxy groups -OCH3 is 1. The van der Waals surface area contributed by atoms with Gasteiger partial charge in [-0.1, -0.05) is 24.3 Å². The molecule has 0 radical (unpaired) electrons. The molecule has 1 aromatic rings. The molecule has 0 amide bonds. The SMILES string of the molecule is COCc1ccccc1C(O)C(F)(F)Br. The molecule has 15 heavy (non-hydrogen) atoms. The average molecular weight is 281 g/mol. The molecule has 0 heterocycles. The second-order valence-corrected chi connectivity index (χ2v) is 4.13. The van der Waals surface area contributed by atoms with E-state index in [0.717, 1.165) is 0 Å². The second kappa shape index (κ2) is 5.01. The molecule has 5 heteroatoms. The van der Waals surface area contributed by atoms with Crippen molar-refractivity contribution >= 4 is 15.9 Å². The fourth-order valence-corrected chi connectivity index (χ4v) is 1.51. The van der Waals surface area contributed by atoms with Crippen molar-refractivity contribution in [2.45, 2.75) is 17.5 Å². The lowest BCUT2D eigenvalue weighted by atomic mass is 10.0. The van der Waals surface area contributed by atoms with Crippen molar-refractivity contribution in [3.8, 4) is 0 Å². The predicted octanol–water partition coefficient (Wildman–Crippen LogP) is 2.85. The largest absolute Gasteiger partial charge is 0.381 e. The Morgan fingerprint density at radius 3 is 2.60 bits per heavy atom. The Balaban J connectivity index is 3.02. The van der Waals surface area contributed by atoms with Crippen molar-refractivity contribution in [1.82, 2.24) is 0 Å². The third-order valence-electron chi connectivity index (χ3n) is 1.96. The lowest BCUT2D eigenvalue weighted by Crippen LogP contribution is -2.19. The summed E-state index contributed by atoms with van der Waals surface area (Å²) < 4.78 is 30.6. The lowest BCUT2D eigenvalue weighted by molar-refractivity contribution is -0.0305. The van der Waals surface area contributed by atoms with Crippen molar-refractivity contribution in [2.24, 2.45) is 0 Å². The summed E-state index contributed by atoms with van der Waals surface area (Å²) in [5.41, 5.74) is 0.716. The van der Waals surface area contributed by atoms with Gasteiger partial charge in [0.2, 0.25) is 0 Å². The second-order valence-electron chi connectivity index (χ2n) is 3.08. The van der Waals surface area contributed by atoms with E-state index in [1.54, 1.807) is 18.2 Å². The standard InChI is InChI=1S/C10H11BrF2O2/c1-15-6-7-4-2-3-5-8(7)9(14)10(11,12)13/h2-5,9,14H,6H2,1H3. The summed E-state index contributed by atoms with van der Waals surface area (Å²) in [6, 6.07) is 6.39. The molecule has 0 aromatic heterocycles. The monoisotopic (exact) mass is 280 g/mol. The van der Waals surface area contributed by atoms with Crippen LogP contribution in [0.5, 0.6) is 0 Å². The summed E-state index contributed by atoms with van der Waals surface area (Å²) in [5.74, 6) is 0. The van der Waals surface area contributed by atoms with Gasteiger partial charge in [-0.25, -0.2) is 0 Å². The molecule has 84 valence electrons. The number of halogens is 3. The zero-order valence-electron chi connectivity index (χ0n) is 8.08. The van der Waals surface area contributed by atoms with Crippen LogP contribution in [0.4, 0.5) is 8.78 Å². The normalized spacial score (nSPS) is 13.9. The number of aliphatic hydroxyl groups is 1. The van der Waals surface area contributed by atoms with E-state index < -0.39 is 10.9 Å². The molecule has 0 spiro atoms. The highest BCUT2D eigenvalue weighted by Crippen LogP contribution is 2.37. The molecule has 2 nitrogen and oxygen atoms in total. The number of rotatable bonds is 4. The number of alkyl halides is 3. The molecule has 1 N–H and O–H groups in total. The fraction of sp³-hybridized carbons (Fsp3) is 0.400. The van der Waals surface area contributed by atoms with E-state index in [-0.39, 0.29) is 12.2 Å². The Bertz CT molecular complexity index is 325. The van der Waals surface area contributed by atoms with Gasteiger partial charge in [0.15, 0.2) is 6.10 Å². The van der Waals surface area contributed by atoms with Crippen LogP contribution in [0.3, 0.4) is 0 Å². The first-order chi connectivity index (χ1) is 6.96. The Labute approximate surface area is 95.0 Å². The predicted molar refractivity (Wildman–Crippen MR) is 56.0 cm³/mol. The van der Waals surface area contributed by atoms with Crippen LogP contribution in [0.25, 0.3) is 0 Å². The first kappa shape index (κ1) is 12.5. The summed E-state index contributed by atoms with van der Waals surface area (Å²) in [4.78, 5) is -3.34. The fourth-order valence-electron chi connectivity index (χ4n) is 1.26. The molecule has 0 aliphatic heterocycles. The van der Waals surface area contributed by atoms with Crippen LogP contribution >= 0.6 is 15.9 Å². The van der Waals surface area contributed by atoms with E-state index in [1.807, 2.05) is 0 Å². The number of benzene rings is 1. The Morgan fingerprint density at radius 1 is 1.47 bits per heavy atom. The molecule has 1 rings (SSSR count). The van der Waals surface area contributed by atoms with Gasteiger partial charge in [0.05, 0.1) is 6.61 Å². The average Bonchev–Trinajstić information content (AvgIpc) is 2.17. The molecular formula is C10H11BrF2O2. The zero-order chi connectivity index (χ0) is 11.5. The van der Waals surface area contributed by atoms with Gasteiger partial charge in [-0.05, 0) is 27.1 Å². The van der Waals surface area contributed by atoms with Crippen LogP contribution in [0, 0.1) is 0 Å². The summed E-state index contributed by atoms with van der Waals surface area (Å²) in [5, 5.41) is 9.41. The van der Waals surface area contributed by atoms with Crippen LogP contribution in [0.2, 0.25) is 0 Å². The Morgan fingerprint density at radius 2 is 2.07 bits per heavy atom. The maximum absolute atomic E-state index is 12.8. The van der Waals surface area contributed by atoms with Crippen LogP contribution in [0.1, 0.15) is 17.2 Å².